The molecule has 0 amide bonds. The molecule has 1 aromatic heterocycles. The second-order valence-electron chi connectivity index (χ2n) is 6.53. The Balaban J connectivity index is 1.70. The first-order chi connectivity index (χ1) is 9.69. The molecular formula is C15H27N5. The van der Waals surface area contributed by atoms with Gasteiger partial charge in [0.15, 0.2) is 0 Å². The summed E-state index contributed by atoms with van der Waals surface area (Å²) in [7, 11) is 1.99. The summed E-state index contributed by atoms with van der Waals surface area (Å²) < 4.78 is 1.91. The van der Waals surface area contributed by atoms with Gasteiger partial charge in [-0.05, 0) is 24.7 Å². The fraction of sp³-hybridized carbons (Fsp3) is 0.867. The molecule has 1 saturated heterocycles. The lowest BCUT2D eigenvalue weighted by Crippen LogP contribution is -2.58. The van der Waals surface area contributed by atoms with Crippen molar-refractivity contribution < 1.29 is 0 Å². The van der Waals surface area contributed by atoms with Crippen LogP contribution in [0.5, 0.6) is 0 Å². The number of aryl methyl sites for hydroxylation is 1. The topological polar surface area (TPSA) is 46.0 Å². The van der Waals surface area contributed by atoms with Crippen LogP contribution in [0.3, 0.4) is 0 Å². The number of hydrogen-bond donors (Lipinski definition) is 1. The van der Waals surface area contributed by atoms with E-state index in [1.807, 2.05) is 11.7 Å². The summed E-state index contributed by atoms with van der Waals surface area (Å²) in [5, 5.41) is 7.98. The Morgan fingerprint density at radius 1 is 1.45 bits per heavy atom. The van der Waals surface area contributed by atoms with Crippen LogP contribution in [-0.2, 0) is 13.6 Å². The predicted molar refractivity (Wildman–Crippen MR) is 79.2 cm³/mol. The Labute approximate surface area is 121 Å². The first-order valence-corrected chi connectivity index (χ1v) is 7.99. The normalized spacial score (nSPS) is 29.6. The average Bonchev–Trinajstić information content (AvgIpc) is 3.23. The van der Waals surface area contributed by atoms with E-state index in [9.17, 15) is 0 Å². The highest BCUT2D eigenvalue weighted by Gasteiger charge is 2.39. The quantitative estimate of drug-likeness (QED) is 0.884. The van der Waals surface area contributed by atoms with Crippen molar-refractivity contribution in [2.45, 2.75) is 51.7 Å². The van der Waals surface area contributed by atoms with Gasteiger partial charge in [-0.25, -0.2) is 4.98 Å². The maximum atomic E-state index is 4.40. The smallest absolute Gasteiger partial charge is 0.140 e. The van der Waals surface area contributed by atoms with Crippen LogP contribution >= 0.6 is 0 Å². The first-order valence-electron chi connectivity index (χ1n) is 7.99. The maximum absolute atomic E-state index is 4.40. The monoisotopic (exact) mass is 277 g/mol. The summed E-state index contributed by atoms with van der Waals surface area (Å²) in [5.74, 6) is 2.71. The molecule has 0 bridgehead atoms. The maximum Gasteiger partial charge on any atom is 0.140 e. The van der Waals surface area contributed by atoms with Gasteiger partial charge in [0.05, 0.1) is 6.54 Å². The molecule has 3 unspecified atom stereocenters. The molecule has 112 valence electrons. The molecule has 5 nitrogen and oxygen atoms in total. The van der Waals surface area contributed by atoms with Gasteiger partial charge in [0.25, 0.3) is 0 Å². The molecule has 1 N–H and O–H groups in total. The van der Waals surface area contributed by atoms with Gasteiger partial charge in [-0.15, -0.1) is 0 Å². The summed E-state index contributed by atoms with van der Waals surface area (Å²) in [5.41, 5.74) is 0. The standard InChI is InChI=1S/C15H27N5/c1-4-11(2)13-8-20(9-15-17-10-18-19(15)3)14(7-16-13)12-5-6-12/h10-14,16H,4-9H2,1-3H3. The molecule has 1 aromatic rings. The number of nitrogens with one attached hydrogen (secondary N) is 1. The van der Waals surface area contributed by atoms with Gasteiger partial charge in [-0.2, -0.15) is 5.10 Å². The third kappa shape index (κ3) is 2.88. The Bertz CT molecular complexity index is 439. The Kier molecular flexibility index (Phi) is 4.08. The van der Waals surface area contributed by atoms with E-state index in [2.05, 4.69) is 34.1 Å². The van der Waals surface area contributed by atoms with Crippen LogP contribution in [0.4, 0.5) is 0 Å². The lowest BCUT2D eigenvalue weighted by Gasteiger charge is -2.42. The van der Waals surface area contributed by atoms with Crippen molar-refractivity contribution in [2.75, 3.05) is 13.1 Å². The van der Waals surface area contributed by atoms with Crippen molar-refractivity contribution in [2.24, 2.45) is 18.9 Å². The van der Waals surface area contributed by atoms with E-state index in [1.165, 1.54) is 19.3 Å². The third-order valence-corrected chi connectivity index (χ3v) is 5.14. The third-order valence-electron chi connectivity index (χ3n) is 5.14. The van der Waals surface area contributed by atoms with Crippen LogP contribution in [-0.4, -0.2) is 44.8 Å². The summed E-state index contributed by atoms with van der Waals surface area (Å²) >= 11 is 0. The summed E-state index contributed by atoms with van der Waals surface area (Å²) in [6.45, 7) is 7.86. The SMILES string of the molecule is CCC(C)C1CN(Cc2ncnn2C)C(C2CC2)CN1. The van der Waals surface area contributed by atoms with E-state index >= 15 is 0 Å². The number of aromatic nitrogens is 3. The van der Waals surface area contributed by atoms with Crippen LogP contribution < -0.4 is 5.32 Å². The van der Waals surface area contributed by atoms with E-state index < -0.39 is 0 Å². The lowest BCUT2D eigenvalue weighted by molar-refractivity contribution is 0.0855. The lowest BCUT2D eigenvalue weighted by atomic mass is 9.94. The van der Waals surface area contributed by atoms with Gasteiger partial charge in [0, 0.05) is 32.2 Å². The van der Waals surface area contributed by atoms with Gasteiger partial charge >= 0.3 is 0 Å². The van der Waals surface area contributed by atoms with E-state index in [-0.39, 0.29) is 0 Å². The fourth-order valence-corrected chi connectivity index (χ4v) is 3.29. The van der Waals surface area contributed by atoms with Crippen molar-refractivity contribution in [3.63, 3.8) is 0 Å². The molecule has 2 fully saturated rings. The summed E-state index contributed by atoms with van der Waals surface area (Å²) in [4.78, 5) is 7.05. The predicted octanol–water partition coefficient (Wildman–Crippen LogP) is 1.41. The van der Waals surface area contributed by atoms with Gasteiger partial charge in [-0.1, -0.05) is 20.3 Å². The second-order valence-corrected chi connectivity index (χ2v) is 6.53. The van der Waals surface area contributed by atoms with E-state index in [1.54, 1.807) is 6.33 Å². The number of nitrogens with zero attached hydrogens (tertiary/aromatic N) is 4. The molecule has 2 heterocycles. The van der Waals surface area contributed by atoms with Gasteiger partial charge in [-0.3, -0.25) is 9.58 Å². The minimum Gasteiger partial charge on any atom is -0.311 e. The zero-order chi connectivity index (χ0) is 14.1. The second kappa shape index (κ2) is 5.82. The van der Waals surface area contributed by atoms with Crippen LogP contribution in [0.25, 0.3) is 0 Å². The molecule has 2 aliphatic rings. The largest absolute Gasteiger partial charge is 0.311 e. The van der Waals surface area contributed by atoms with Gasteiger partial charge in [0.2, 0.25) is 0 Å². The highest BCUT2D eigenvalue weighted by molar-refractivity contribution is 4.98. The van der Waals surface area contributed by atoms with Gasteiger partial charge in [0.1, 0.15) is 12.2 Å². The van der Waals surface area contributed by atoms with E-state index in [4.69, 9.17) is 0 Å². The molecule has 3 rings (SSSR count). The number of rotatable bonds is 5. The highest BCUT2D eigenvalue weighted by atomic mass is 15.3. The molecule has 1 saturated carbocycles. The molecule has 20 heavy (non-hydrogen) atoms. The van der Waals surface area contributed by atoms with Gasteiger partial charge < -0.3 is 5.32 Å². The molecule has 1 aliphatic heterocycles. The summed E-state index contributed by atoms with van der Waals surface area (Å²) in [6, 6.07) is 1.30. The Hall–Kier alpha value is -0.940. The zero-order valence-corrected chi connectivity index (χ0v) is 12.9. The fourth-order valence-electron chi connectivity index (χ4n) is 3.29. The van der Waals surface area contributed by atoms with E-state index in [0.29, 0.717) is 12.1 Å². The molecule has 0 radical (unpaired) electrons. The van der Waals surface area contributed by atoms with Crippen LogP contribution in [0.15, 0.2) is 6.33 Å². The molecule has 3 atom stereocenters. The molecule has 1 aliphatic carbocycles. The molecule has 0 spiro atoms. The first kappa shape index (κ1) is 14.0. The minimum absolute atomic E-state index is 0.614. The van der Waals surface area contributed by atoms with Crippen LogP contribution in [0.2, 0.25) is 0 Å². The zero-order valence-electron chi connectivity index (χ0n) is 12.9. The van der Waals surface area contributed by atoms with Crippen molar-refractivity contribution in [3.05, 3.63) is 12.2 Å². The van der Waals surface area contributed by atoms with Crippen molar-refractivity contribution in [3.8, 4) is 0 Å². The van der Waals surface area contributed by atoms with Crippen LogP contribution in [0.1, 0.15) is 38.9 Å². The molecule has 0 aromatic carbocycles. The Morgan fingerprint density at radius 3 is 2.85 bits per heavy atom. The molecular weight excluding hydrogens is 250 g/mol. The number of hydrogen-bond acceptors (Lipinski definition) is 4. The number of piperazine rings is 1. The van der Waals surface area contributed by atoms with Crippen molar-refractivity contribution in [1.29, 1.82) is 0 Å². The van der Waals surface area contributed by atoms with E-state index in [0.717, 1.165) is 37.3 Å². The highest BCUT2D eigenvalue weighted by Crippen LogP contribution is 2.37. The average molecular weight is 277 g/mol. The van der Waals surface area contributed by atoms with Crippen molar-refractivity contribution in [1.82, 2.24) is 25.0 Å². The summed E-state index contributed by atoms with van der Waals surface area (Å²) in [6.07, 6.45) is 5.70. The molecule has 5 heteroatoms. The van der Waals surface area contributed by atoms with Crippen LogP contribution in [0, 0.1) is 11.8 Å². The van der Waals surface area contributed by atoms with Crippen molar-refractivity contribution >= 4 is 0 Å². The Morgan fingerprint density at radius 2 is 2.25 bits per heavy atom. The minimum atomic E-state index is 0.614.